The molecule has 0 fully saturated rings. The maximum Gasteiger partial charge on any atom is 0.147 e. The van der Waals surface area contributed by atoms with Crippen molar-refractivity contribution in [1.82, 2.24) is 4.98 Å². The van der Waals surface area contributed by atoms with Gasteiger partial charge in [-0.15, -0.1) is 11.3 Å². The molecule has 0 bridgehead atoms. The molecule has 0 spiro atoms. The van der Waals surface area contributed by atoms with Crippen LogP contribution < -0.4 is 4.90 Å². The molecule has 1 heterocycles. The standard InChI is InChI=1S/C17H22F2N2S/c1-6-21(7-2)15-9-12(18)11(8-13(15)19)14-10-22-16(20-14)17(3,4)5/h8-10H,6-7H2,1-5H3. The molecule has 1 aromatic heterocycles. The van der Waals surface area contributed by atoms with Gasteiger partial charge in [-0.3, -0.25) is 0 Å². The van der Waals surface area contributed by atoms with Gasteiger partial charge in [-0.25, -0.2) is 13.8 Å². The van der Waals surface area contributed by atoms with Crippen molar-refractivity contribution in [3.63, 3.8) is 0 Å². The first-order chi connectivity index (χ1) is 10.3. The van der Waals surface area contributed by atoms with Crippen molar-refractivity contribution in [2.24, 2.45) is 0 Å². The highest BCUT2D eigenvalue weighted by Crippen LogP contribution is 2.33. The molecule has 0 N–H and O–H groups in total. The molecule has 0 amide bonds. The second-order valence-electron chi connectivity index (χ2n) is 6.24. The number of benzene rings is 1. The third-order valence-electron chi connectivity index (χ3n) is 3.56. The smallest absolute Gasteiger partial charge is 0.147 e. The number of halogens is 2. The van der Waals surface area contributed by atoms with E-state index in [-0.39, 0.29) is 11.0 Å². The molecule has 1 aromatic carbocycles. The van der Waals surface area contributed by atoms with Crippen LogP contribution in [0.1, 0.15) is 39.6 Å². The quantitative estimate of drug-likeness (QED) is 0.765. The highest BCUT2D eigenvalue weighted by atomic mass is 32.1. The molecule has 2 aromatic rings. The lowest BCUT2D eigenvalue weighted by Crippen LogP contribution is -2.23. The fourth-order valence-corrected chi connectivity index (χ4v) is 3.19. The first-order valence-electron chi connectivity index (χ1n) is 7.48. The largest absolute Gasteiger partial charge is 0.370 e. The lowest BCUT2D eigenvalue weighted by atomic mass is 9.98. The Labute approximate surface area is 134 Å². The van der Waals surface area contributed by atoms with Crippen LogP contribution in [0, 0.1) is 11.6 Å². The number of hydrogen-bond acceptors (Lipinski definition) is 3. The van der Waals surface area contributed by atoms with E-state index in [1.807, 2.05) is 13.8 Å². The van der Waals surface area contributed by atoms with Gasteiger partial charge < -0.3 is 4.90 Å². The second kappa shape index (κ2) is 6.32. The van der Waals surface area contributed by atoms with Crippen molar-refractivity contribution >= 4 is 17.0 Å². The Balaban J connectivity index is 2.45. The third-order valence-corrected chi connectivity index (χ3v) is 4.83. The third kappa shape index (κ3) is 3.29. The van der Waals surface area contributed by atoms with Crippen molar-refractivity contribution in [2.45, 2.75) is 40.0 Å². The number of aromatic nitrogens is 1. The van der Waals surface area contributed by atoms with E-state index in [4.69, 9.17) is 0 Å². The molecule has 0 saturated heterocycles. The molecule has 0 saturated carbocycles. The molecule has 2 nitrogen and oxygen atoms in total. The zero-order valence-corrected chi connectivity index (χ0v) is 14.5. The Hall–Kier alpha value is -1.49. The van der Waals surface area contributed by atoms with Crippen LogP contribution in [0.3, 0.4) is 0 Å². The zero-order valence-electron chi connectivity index (χ0n) is 13.7. The van der Waals surface area contributed by atoms with Crippen molar-refractivity contribution in [3.8, 4) is 11.3 Å². The van der Waals surface area contributed by atoms with Gasteiger partial charge in [-0.2, -0.15) is 0 Å². The summed E-state index contributed by atoms with van der Waals surface area (Å²) in [5.41, 5.74) is 0.925. The van der Waals surface area contributed by atoms with Gasteiger partial charge in [0.05, 0.1) is 16.4 Å². The van der Waals surface area contributed by atoms with E-state index in [2.05, 4.69) is 25.8 Å². The van der Waals surface area contributed by atoms with E-state index in [0.717, 1.165) is 5.01 Å². The fourth-order valence-electron chi connectivity index (χ4n) is 2.28. The summed E-state index contributed by atoms with van der Waals surface area (Å²) in [6.45, 7) is 11.3. The molecule has 22 heavy (non-hydrogen) atoms. The summed E-state index contributed by atoms with van der Waals surface area (Å²) in [4.78, 5) is 6.26. The summed E-state index contributed by atoms with van der Waals surface area (Å²) < 4.78 is 28.8. The molecule has 0 radical (unpaired) electrons. The minimum absolute atomic E-state index is 0.0981. The molecular weight excluding hydrogens is 302 g/mol. The van der Waals surface area contributed by atoms with Crippen LogP contribution in [-0.2, 0) is 5.41 Å². The van der Waals surface area contributed by atoms with Gasteiger partial charge >= 0.3 is 0 Å². The second-order valence-corrected chi connectivity index (χ2v) is 7.10. The highest BCUT2D eigenvalue weighted by Gasteiger charge is 2.21. The van der Waals surface area contributed by atoms with Crippen LogP contribution in [0.4, 0.5) is 14.5 Å². The van der Waals surface area contributed by atoms with E-state index in [0.29, 0.717) is 24.5 Å². The fraction of sp³-hybridized carbons (Fsp3) is 0.471. The van der Waals surface area contributed by atoms with Gasteiger partial charge in [0.25, 0.3) is 0 Å². The summed E-state index contributed by atoms with van der Waals surface area (Å²) in [7, 11) is 0. The maximum atomic E-state index is 14.4. The summed E-state index contributed by atoms with van der Waals surface area (Å²) in [5, 5.41) is 2.70. The Morgan fingerprint density at radius 3 is 2.23 bits per heavy atom. The van der Waals surface area contributed by atoms with Crippen molar-refractivity contribution in [3.05, 3.63) is 34.2 Å². The molecular formula is C17H22F2N2S. The molecule has 0 aliphatic rings. The first-order valence-corrected chi connectivity index (χ1v) is 8.36. The van der Waals surface area contributed by atoms with Crippen molar-refractivity contribution in [2.75, 3.05) is 18.0 Å². The van der Waals surface area contributed by atoms with E-state index >= 15 is 0 Å². The number of anilines is 1. The van der Waals surface area contributed by atoms with Crippen LogP contribution in [-0.4, -0.2) is 18.1 Å². The van der Waals surface area contributed by atoms with Gasteiger partial charge in [0.15, 0.2) is 0 Å². The summed E-state index contributed by atoms with van der Waals surface area (Å²) >= 11 is 1.47. The number of nitrogens with zero attached hydrogens (tertiary/aromatic N) is 2. The van der Waals surface area contributed by atoms with Gasteiger partial charge in [-0.1, -0.05) is 20.8 Å². The molecule has 0 aliphatic heterocycles. The molecule has 120 valence electrons. The first kappa shape index (κ1) is 16.9. The zero-order chi connectivity index (χ0) is 16.5. The monoisotopic (exact) mass is 324 g/mol. The maximum absolute atomic E-state index is 14.4. The van der Waals surface area contributed by atoms with E-state index in [1.54, 1.807) is 10.3 Å². The van der Waals surface area contributed by atoms with Crippen LogP contribution in [0.25, 0.3) is 11.3 Å². The van der Waals surface area contributed by atoms with Gasteiger partial charge in [0, 0.05) is 35.5 Å². The summed E-state index contributed by atoms with van der Waals surface area (Å²) in [6.07, 6.45) is 0. The summed E-state index contributed by atoms with van der Waals surface area (Å²) in [5.74, 6) is -0.848. The topological polar surface area (TPSA) is 16.1 Å². The normalized spacial score (nSPS) is 11.8. The number of rotatable bonds is 4. The Bertz CT molecular complexity index is 655. The minimum Gasteiger partial charge on any atom is -0.370 e. The van der Waals surface area contributed by atoms with Gasteiger partial charge in [0.1, 0.15) is 11.6 Å². The van der Waals surface area contributed by atoms with Crippen LogP contribution in [0.15, 0.2) is 17.5 Å². The Kier molecular flexibility index (Phi) is 4.85. The highest BCUT2D eigenvalue weighted by molar-refractivity contribution is 7.10. The predicted molar refractivity (Wildman–Crippen MR) is 89.7 cm³/mol. The SMILES string of the molecule is CCN(CC)c1cc(F)c(-c2csc(C(C)(C)C)n2)cc1F. The van der Waals surface area contributed by atoms with Crippen molar-refractivity contribution < 1.29 is 8.78 Å². The van der Waals surface area contributed by atoms with Gasteiger partial charge in [0.2, 0.25) is 0 Å². The summed E-state index contributed by atoms with van der Waals surface area (Å²) in [6, 6.07) is 2.53. The lowest BCUT2D eigenvalue weighted by Gasteiger charge is -2.22. The van der Waals surface area contributed by atoms with E-state index in [1.165, 1.54) is 23.5 Å². The molecule has 0 atom stereocenters. The average molecular weight is 324 g/mol. The van der Waals surface area contributed by atoms with Crippen LogP contribution in [0.5, 0.6) is 0 Å². The van der Waals surface area contributed by atoms with Gasteiger partial charge in [-0.05, 0) is 19.9 Å². The van der Waals surface area contributed by atoms with Crippen molar-refractivity contribution in [1.29, 1.82) is 0 Å². The molecule has 0 aliphatic carbocycles. The Morgan fingerprint density at radius 1 is 1.09 bits per heavy atom. The predicted octanol–water partition coefficient (Wildman–Crippen LogP) is 5.23. The lowest BCUT2D eigenvalue weighted by molar-refractivity contribution is 0.584. The number of hydrogen-bond donors (Lipinski definition) is 0. The number of thiazole rings is 1. The molecule has 0 unspecified atom stereocenters. The molecule has 5 heteroatoms. The van der Waals surface area contributed by atoms with E-state index in [9.17, 15) is 8.78 Å². The minimum atomic E-state index is -0.436. The molecule has 2 rings (SSSR count). The van der Waals surface area contributed by atoms with E-state index < -0.39 is 11.6 Å². The van der Waals surface area contributed by atoms with Crippen LogP contribution >= 0.6 is 11.3 Å². The average Bonchev–Trinajstić information content (AvgIpc) is 2.93. The van der Waals surface area contributed by atoms with Crippen LogP contribution in [0.2, 0.25) is 0 Å². The Morgan fingerprint density at radius 2 is 1.73 bits per heavy atom.